The maximum absolute atomic E-state index is 11.6. The number of aliphatic hydroxyl groups excluding tert-OH is 1. The first-order valence-corrected chi connectivity index (χ1v) is 6.91. The van der Waals surface area contributed by atoms with Crippen molar-refractivity contribution in [1.82, 2.24) is 0 Å². The molecule has 0 aromatic heterocycles. The highest BCUT2D eigenvalue weighted by Crippen LogP contribution is 2.13. The molecule has 6 heteroatoms. The molecule has 0 aliphatic heterocycles. The van der Waals surface area contributed by atoms with Gasteiger partial charge in [-0.25, -0.2) is 4.79 Å². The topological polar surface area (TPSA) is 82.1 Å². The second-order valence-electron chi connectivity index (χ2n) is 5.76. The van der Waals surface area contributed by atoms with Gasteiger partial charge in [0, 0.05) is 0 Å². The van der Waals surface area contributed by atoms with Crippen molar-refractivity contribution < 1.29 is 28.9 Å². The Morgan fingerprint density at radius 2 is 1.77 bits per heavy atom. The Hall–Kier alpha value is -2.08. The Bertz CT molecular complexity index is 500. The van der Waals surface area contributed by atoms with Crippen molar-refractivity contribution in [1.29, 1.82) is 0 Å². The number of carbonyl (C=O) groups is 2. The van der Waals surface area contributed by atoms with Crippen molar-refractivity contribution in [3.05, 3.63) is 29.8 Å². The summed E-state index contributed by atoms with van der Waals surface area (Å²) in [5, 5.41) is 9.65. The van der Waals surface area contributed by atoms with E-state index in [0.29, 0.717) is 5.75 Å². The van der Waals surface area contributed by atoms with Gasteiger partial charge in [-0.15, -0.1) is 0 Å². The quantitative estimate of drug-likeness (QED) is 0.807. The first kappa shape index (κ1) is 18.0. The van der Waals surface area contributed by atoms with Crippen LogP contribution in [-0.4, -0.2) is 35.9 Å². The number of ether oxygens (including phenoxy) is 3. The summed E-state index contributed by atoms with van der Waals surface area (Å²) in [6, 6.07) is 6.96. The van der Waals surface area contributed by atoms with Gasteiger partial charge < -0.3 is 19.3 Å². The van der Waals surface area contributed by atoms with Crippen LogP contribution in [0.15, 0.2) is 24.3 Å². The maximum atomic E-state index is 11.6. The van der Waals surface area contributed by atoms with Crippen molar-refractivity contribution in [2.75, 3.05) is 7.11 Å². The molecule has 0 saturated carbocycles. The van der Waals surface area contributed by atoms with E-state index in [1.54, 1.807) is 52.1 Å². The minimum absolute atomic E-state index is 0.00814. The molecule has 1 atom stereocenters. The summed E-state index contributed by atoms with van der Waals surface area (Å²) in [4.78, 5) is 23.2. The Labute approximate surface area is 130 Å². The van der Waals surface area contributed by atoms with E-state index in [1.165, 1.54) is 0 Å². The van der Waals surface area contributed by atoms with Gasteiger partial charge in [0.25, 0.3) is 0 Å². The third-order valence-corrected chi connectivity index (χ3v) is 2.59. The van der Waals surface area contributed by atoms with Gasteiger partial charge in [0.2, 0.25) is 0 Å². The molecule has 22 heavy (non-hydrogen) atoms. The van der Waals surface area contributed by atoms with Crippen molar-refractivity contribution in [2.24, 2.45) is 0 Å². The van der Waals surface area contributed by atoms with Crippen molar-refractivity contribution >= 4 is 11.9 Å². The highest BCUT2D eigenvalue weighted by molar-refractivity contribution is 5.81. The van der Waals surface area contributed by atoms with Gasteiger partial charge in [0.1, 0.15) is 18.0 Å². The molecule has 1 rings (SSSR count). The summed E-state index contributed by atoms with van der Waals surface area (Å²) in [6.45, 7) is 5.13. The normalized spacial score (nSPS) is 12.4. The second-order valence-corrected chi connectivity index (χ2v) is 5.76. The van der Waals surface area contributed by atoms with E-state index in [2.05, 4.69) is 0 Å². The summed E-state index contributed by atoms with van der Waals surface area (Å²) in [7, 11) is 1.56. The van der Waals surface area contributed by atoms with Crippen LogP contribution in [0.1, 0.15) is 32.8 Å². The molecule has 6 nitrogen and oxygen atoms in total. The van der Waals surface area contributed by atoms with E-state index in [0.717, 1.165) is 5.56 Å². The third-order valence-electron chi connectivity index (χ3n) is 2.59. The van der Waals surface area contributed by atoms with Gasteiger partial charge in [-0.1, -0.05) is 12.1 Å². The molecule has 1 aromatic rings. The number of benzene rings is 1. The summed E-state index contributed by atoms with van der Waals surface area (Å²) in [6.07, 6.45) is -1.97. The summed E-state index contributed by atoms with van der Waals surface area (Å²) >= 11 is 0. The summed E-state index contributed by atoms with van der Waals surface area (Å²) < 4.78 is 15.0. The fourth-order valence-electron chi connectivity index (χ4n) is 1.60. The number of carbonyl (C=O) groups excluding carboxylic acids is 2. The lowest BCUT2D eigenvalue weighted by Gasteiger charge is -2.20. The van der Waals surface area contributed by atoms with Crippen LogP contribution in [-0.2, 0) is 25.7 Å². The number of hydrogen-bond donors (Lipinski definition) is 1. The fraction of sp³-hybridized carbons (Fsp3) is 0.500. The van der Waals surface area contributed by atoms with Crippen molar-refractivity contribution in [3.63, 3.8) is 0 Å². The lowest BCUT2D eigenvalue weighted by atomic mass is 10.2. The van der Waals surface area contributed by atoms with Crippen LogP contribution in [0, 0.1) is 0 Å². The molecular weight excluding hydrogens is 288 g/mol. The number of aliphatic hydroxyl groups is 1. The minimum atomic E-state index is -1.53. The van der Waals surface area contributed by atoms with Crippen LogP contribution >= 0.6 is 0 Å². The maximum Gasteiger partial charge on any atom is 0.335 e. The molecule has 0 spiro atoms. The average molecular weight is 310 g/mol. The fourth-order valence-corrected chi connectivity index (χ4v) is 1.60. The number of methoxy groups -OCH3 is 1. The van der Waals surface area contributed by atoms with Crippen LogP contribution in [0.25, 0.3) is 0 Å². The van der Waals surface area contributed by atoms with Crippen molar-refractivity contribution in [2.45, 2.75) is 45.5 Å². The molecular formula is C16H22O6. The number of rotatable bonds is 6. The second kappa shape index (κ2) is 7.79. The molecule has 0 heterocycles. The molecule has 0 amide bonds. The Morgan fingerprint density at radius 3 is 2.27 bits per heavy atom. The molecule has 0 radical (unpaired) electrons. The zero-order chi connectivity index (χ0) is 16.8. The largest absolute Gasteiger partial charge is 0.497 e. The molecule has 0 aliphatic rings. The van der Waals surface area contributed by atoms with Gasteiger partial charge in [0.05, 0.1) is 13.5 Å². The van der Waals surface area contributed by atoms with Gasteiger partial charge >= 0.3 is 11.9 Å². The van der Waals surface area contributed by atoms with Gasteiger partial charge in [-0.05, 0) is 38.5 Å². The Morgan fingerprint density at radius 1 is 1.18 bits per heavy atom. The Balaban J connectivity index is 2.42. The van der Waals surface area contributed by atoms with Crippen LogP contribution < -0.4 is 4.74 Å². The van der Waals surface area contributed by atoms with Crippen LogP contribution in [0.5, 0.6) is 5.75 Å². The molecule has 0 bridgehead atoms. The average Bonchev–Trinajstić information content (AvgIpc) is 2.43. The van der Waals surface area contributed by atoms with Gasteiger partial charge in [-0.3, -0.25) is 4.79 Å². The van der Waals surface area contributed by atoms with Crippen LogP contribution in [0.3, 0.4) is 0 Å². The van der Waals surface area contributed by atoms with Crippen LogP contribution in [0.4, 0.5) is 0 Å². The van der Waals surface area contributed by atoms with Crippen LogP contribution in [0.2, 0.25) is 0 Å². The lowest BCUT2D eigenvalue weighted by molar-refractivity contribution is -0.166. The molecule has 0 saturated heterocycles. The summed E-state index contributed by atoms with van der Waals surface area (Å²) in [5.41, 5.74) is 0.0858. The van der Waals surface area contributed by atoms with Gasteiger partial charge in [-0.2, -0.15) is 0 Å². The first-order chi connectivity index (χ1) is 10.2. The van der Waals surface area contributed by atoms with E-state index in [4.69, 9.17) is 14.2 Å². The van der Waals surface area contributed by atoms with E-state index < -0.39 is 30.1 Å². The number of hydrogen-bond acceptors (Lipinski definition) is 6. The monoisotopic (exact) mass is 310 g/mol. The van der Waals surface area contributed by atoms with Gasteiger partial charge in [0.15, 0.2) is 6.10 Å². The molecule has 0 aliphatic carbocycles. The number of esters is 2. The highest BCUT2D eigenvalue weighted by Gasteiger charge is 2.24. The molecule has 1 aromatic carbocycles. The molecule has 0 fully saturated rings. The first-order valence-electron chi connectivity index (χ1n) is 6.91. The zero-order valence-corrected chi connectivity index (χ0v) is 13.3. The van der Waals surface area contributed by atoms with E-state index >= 15 is 0 Å². The van der Waals surface area contributed by atoms with E-state index in [1.807, 2.05) is 0 Å². The smallest absolute Gasteiger partial charge is 0.335 e. The van der Waals surface area contributed by atoms with E-state index in [-0.39, 0.29) is 6.61 Å². The van der Waals surface area contributed by atoms with Crippen molar-refractivity contribution in [3.8, 4) is 5.75 Å². The standard InChI is InChI=1S/C16H22O6/c1-16(2,3)22-14(18)9-13(17)15(19)21-10-11-5-7-12(20-4)8-6-11/h5-8,13,17H,9-10H2,1-4H3. The zero-order valence-electron chi connectivity index (χ0n) is 13.3. The highest BCUT2D eigenvalue weighted by atomic mass is 16.6. The molecule has 1 N–H and O–H groups in total. The third kappa shape index (κ3) is 6.58. The predicted molar refractivity (Wildman–Crippen MR) is 79.3 cm³/mol. The van der Waals surface area contributed by atoms with E-state index in [9.17, 15) is 14.7 Å². The summed E-state index contributed by atoms with van der Waals surface area (Å²) in [5.74, 6) is -0.817. The Kier molecular flexibility index (Phi) is 6.37. The molecule has 122 valence electrons. The SMILES string of the molecule is COc1ccc(COC(=O)C(O)CC(=O)OC(C)(C)C)cc1. The minimum Gasteiger partial charge on any atom is -0.497 e. The predicted octanol–water partition coefficient (Wildman–Crippen LogP) is 1.83. The lowest BCUT2D eigenvalue weighted by Crippen LogP contribution is -2.30. The molecule has 1 unspecified atom stereocenters.